The number of rotatable bonds is 10. The van der Waals surface area contributed by atoms with Crippen molar-refractivity contribution < 1.29 is 38.1 Å². The molecule has 2 aromatic heterocycles. The zero-order valence-corrected chi connectivity index (χ0v) is 30.5. The molecule has 6 heterocycles. The van der Waals surface area contributed by atoms with Gasteiger partial charge in [0.15, 0.2) is 0 Å². The Kier molecular flexibility index (Phi) is 10.8. The molecule has 0 aliphatic carbocycles. The van der Waals surface area contributed by atoms with Crippen LogP contribution >= 0.6 is 0 Å². The predicted molar refractivity (Wildman–Crippen MR) is 195 cm³/mol. The number of H-pyrrole nitrogens is 2. The number of nitrogens with zero attached hydrogens (tertiary/aromatic N) is 4. The van der Waals surface area contributed by atoms with Crippen LogP contribution in [0.2, 0.25) is 0 Å². The summed E-state index contributed by atoms with van der Waals surface area (Å²) in [7, 11) is 2.55. The quantitative estimate of drug-likeness (QED) is 0.222. The molecular formula is C38H46N8O8. The fourth-order valence-corrected chi connectivity index (χ4v) is 7.76. The third-order valence-electron chi connectivity index (χ3n) is 10.7. The molecule has 1 aromatic carbocycles. The Balaban J connectivity index is 0.954. The number of amides is 4. The number of carbonyl (C=O) groups excluding carboxylic acids is 4. The lowest BCUT2D eigenvalue weighted by Gasteiger charge is -2.34. The van der Waals surface area contributed by atoms with Gasteiger partial charge < -0.3 is 49.3 Å². The maximum absolute atomic E-state index is 13.8. The van der Waals surface area contributed by atoms with Gasteiger partial charge in [-0.15, -0.1) is 0 Å². The van der Waals surface area contributed by atoms with Crippen LogP contribution in [-0.4, -0.2) is 119 Å². The fraction of sp³-hybridized carbons (Fsp3) is 0.474. The number of likely N-dealkylation sites (tertiary alicyclic amines) is 2. The predicted octanol–water partition coefficient (Wildman–Crippen LogP) is 3.88. The number of aromatic nitrogens is 4. The molecule has 4 fully saturated rings. The van der Waals surface area contributed by atoms with Crippen LogP contribution in [-0.2, 0) is 28.5 Å². The minimum Gasteiger partial charge on any atom is -0.453 e. The van der Waals surface area contributed by atoms with Crippen LogP contribution in [0.3, 0.4) is 0 Å². The monoisotopic (exact) mass is 742 g/mol. The molecule has 0 radical (unpaired) electrons. The van der Waals surface area contributed by atoms with E-state index in [-0.39, 0.29) is 37.1 Å². The third kappa shape index (κ3) is 7.48. The first-order valence-electron chi connectivity index (χ1n) is 18.3. The van der Waals surface area contributed by atoms with Crippen molar-refractivity contribution in [3.63, 3.8) is 0 Å². The maximum Gasteiger partial charge on any atom is 0.407 e. The van der Waals surface area contributed by atoms with E-state index in [1.165, 1.54) is 14.2 Å². The van der Waals surface area contributed by atoms with Crippen molar-refractivity contribution in [3.05, 3.63) is 71.7 Å². The Morgan fingerprint density at radius 3 is 1.85 bits per heavy atom. The van der Waals surface area contributed by atoms with E-state index in [1.54, 1.807) is 22.2 Å². The van der Waals surface area contributed by atoms with E-state index in [2.05, 4.69) is 30.6 Å². The lowest BCUT2D eigenvalue weighted by molar-refractivity contribution is -0.140. The van der Waals surface area contributed by atoms with Crippen LogP contribution < -0.4 is 10.6 Å². The smallest absolute Gasteiger partial charge is 0.407 e. The van der Waals surface area contributed by atoms with Gasteiger partial charge in [0.2, 0.25) is 0 Å². The summed E-state index contributed by atoms with van der Waals surface area (Å²) in [6.45, 7) is 2.11. The molecule has 16 heteroatoms. The summed E-state index contributed by atoms with van der Waals surface area (Å²) in [5, 5.41) is 5.46. The molecule has 286 valence electrons. The first-order valence-corrected chi connectivity index (χ1v) is 18.3. The Morgan fingerprint density at radius 2 is 1.31 bits per heavy atom. The molecule has 4 N–H and O–H groups in total. The number of ether oxygens (including phenoxy) is 4. The minimum absolute atomic E-state index is 0.105. The molecule has 0 unspecified atom stereocenters. The molecule has 4 atom stereocenters. The van der Waals surface area contributed by atoms with Gasteiger partial charge in [0, 0.05) is 39.1 Å². The number of carbonyl (C=O) groups is 4. The summed E-state index contributed by atoms with van der Waals surface area (Å²) in [6, 6.07) is 7.60. The summed E-state index contributed by atoms with van der Waals surface area (Å²) in [5.41, 5.74) is 1.33. The summed E-state index contributed by atoms with van der Waals surface area (Å²) >= 11 is 0. The van der Waals surface area contributed by atoms with Crippen molar-refractivity contribution in [1.82, 2.24) is 40.4 Å². The molecule has 54 heavy (non-hydrogen) atoms. The number of hydrogen-bond donors (Lipinski definition) is 4. The summed E-state index contributed by atoms with van der Waals surface area (Å²) < 4.78 is 20.6. The van der Waals surface area contributed by atoms with Gasteiger partial charge in [0.05, 0.1) is 63.3 Å². The van der Waals surface area contributed by atoms with Crippen molar-refractivity contribution in [2.75, 3.05) is 53.7 Å². The van der Waals surface area contributed by atoms with E-state index in [0.29, 0.717) is 50.8 Å². The second-order valence-electron chi connectivity index (χ2n) is 14.1. The Bertz CT molecular complexity index is 1890. The summed E-state index contributed by atoms with van der Waals surface area (Å²) in [5.74, 6) is 1.03. The number of methoxy groups -OCH3 is 2. The summed E-state index contributed by atoms with van der Waals surface area (Å²) in [4.78, 5) is 71.2. The second kappa shape index (κ2) is 15.9. The highest BCUT2D eigenvalue weighted by Gasteiger charge is 2.50. The van der Waals surface area contributed by atoms with Gasteiger partial charge in [-0.25, -0.2) is 19.6 Å². The van der Waals surface area contributed by atoms with E-state index >= 15 is 0 Å². The molecule has 0 saturated carbocycles. The number of aromatic amines is 2. The maximum atomic E-state index is 13.8. The molecule has 4 amide bonds. The van der Waals surface area contributed by atoms with Gasteiger partial charge in [-0.2, -0.15) is 0 Å². The van der Waals surface area contributed by atoms with Gasteiger partial charge in [-0.3, -0.25) is 9.59 Å². The third-order valence-corrected chi connectivity index (χ3v) is 10.7. The van der Waals surface area contributed by atoms with Crippen LogP contribution in [0.4, 0.5) is 9.59 Å². The van der Waals surface area contributed by atoms with Gasteiger partial charge in [-0.05, 0) is 42.9 Å². The second-order valence-corrected chi connectivity index (χ2v) is 14.1. The van der Waals surface area contributed by atoms with E-state index < -0.39 is 23.3 Å². The van der Waals surface area contributed by atoms with Crippen LogP contribution in [0.1, 0.15) is 73.5 Å². The molecule has 4 aliphatic rings. The van der Waals surface area contributed by atoms with Gasteiger partial charge >= 0.3 is 12.2 Å². The Hall–Kier alpha value is -5.48. The van der Waals surface area contributed by atoms with Gasteiger partial charge in [0.25, 0.3) is 11.8 Å². The van der Waals surface area contributed by atoms with E-state index in [0.717, 1.165) is 48.2 Å². The van der Waals surface area contributed by atoms with Gasteiger partial charge in [0.1, 0.15) is 22.7 Å². The number of allylic oxidation sites excluding steroid dienone is 2. The Labute approximate surface area is 312 Å². The molecular weight excluding hydrogens is 696 g/mol. The normalized spacial score (nSPS) is 25.5. The van der Waals surface area contributed by atoms with Crippen molar-refractivity contribution in [2.24, 2.45) is 0 Å². The van der Waals surface area contributed by atoms with Crippen molar-refractivity contribution in [3.8, 4) is 11.3 Å². The van der Waals surface area contributed by atoms with E-state index in [1.807, 2.05) is 48.6 Å². The average Bonchev–Trinajstić information content (AvgIpc) is 4.04. The SMILES string of the molecule is COC(=O)N[C@@]1(C(=O)N2CCC[C@H]2c2ncc(C=CC=Cc3ccc(-c4cnc([C@@H]5CCCN5C(=O)[C@]5(NC(=O)OC)CCOC5)[nH]4)cc3)[nH]2)CCOC1. The highest BCUT2D eigenvalue weighted by atomic mass is 16.5. The topological polar surface area (TPSA) is 193 Å². The molecule has 4 saturated heterocycles. The number of nitrogens with one attached hydrogen (secondary N) is 4. The zero-order valence-electron chi connectivity index (χ0n) is 30.5. The standard InChI is InChI=1S/C38H46N8O8/c1-51-35(49)43-37(15-19-53-23-37)33(47)45-17-5-9-29(45)31-39-21-27(41-31)8-4-3-7-25-11-13-26(14-12-25)28-22-40-32(42-28)30-10-6-18-46(30)34(48)38(16-20-54-24-38)44-36(50)52-2/h3-4,7-8,11-14,21-22,29-30H,5-6,9-10,15-20,23-24H2,1-2H3,(H,39,41)(H,40,42)(H,43,49)(H,44,50)/t29-,30-,37-,38-/m0/s1. The minimum atomic E-state index is -1.15. The number of hydrogen-bond acceptors (Lipinski definition) is 10. The van der Waals surface area contributed by atoms with Crippen molar-refractivity contribution >= 4 is 36.2 Å². The first kappa shape index (κ1) is 36.9. The van der Waals surface area contributed by atoms with Crippen LogP contribution in [0.5, 0.6) is 0 Å². The highest BCUT2D eigenvalue weighted by Crippen LogP contribution is 2.36. The van der Waals surface area contributed by atoms with Gasteiger partial charge in [-0.1, -0.05) is 42.5 Å². The first-order chi connectivity index (χ1) is 26.2. The molecule has 7 rings (SSSR count). The van der Waals surface area contributed by atoms with Crippen LogP contribution in [0, 0.1) is 0 Å². The average molecular weight is 743 g/mol. The van der Waals surface area contributed by atoms with Crippen LogP contribution in [0.15, 0.2) is 48.8 Å². The highest BCUT2D eigenvalue weighted by molar-refractivity contribution is 5.92. The zero-order chi connectivity index (χ0) is 37.7. The molecule has 16 nitrogen and oxygen atoms in total. The van der Waals surface area contributed by atoms with Crippen molar-refractivity contribution in [2.45, 2.75) is 61.7 Å². The van der Waals surface area contributed by atoms with Crippen LogP contribution in [0.25, 0.3) is 23.4 Å². The van der Waals surface area contributed by atoms with E-state index in [9.17, 15) is 19.2 Å². The van der Waals surface area contributed by atoms with Crippen molar-refractivity contribution in [1.29, 1.82) is 0 Å². The number of benzene rings is 1. The van der Waals surface area contributed by atoms with E-state index in [4.69, 9.17) is 18.9 Å². The lowest BCUT2D eigenvalue weighted by atomic mass is 9.96. The molecule has 4 aliphatic heterocycles. The molecule has 0 bridgehead atoms. The largest absolute Gasteiger partial charge is 0.453 e. The summed E-state index contributed by atoms with van der Waals surface area (Å²) in [6.07, 6.45) is 13.9. The lowest BCUT2D eigenvalue weighted by Crippen LogP contribution is -2.60. The molecule has 0 spiro atoms. The molecule has 3 aromatic rings. The number of imidazole rings is 2. The number of alkyl carbamates (subject to hydrolysis) is 2. The Morgan fingerprint density at radius 1 is 0.778 bits per heavy atom. The fourth-order valence-electron chi connectivity index (χ4n) is 7.76.